The molecule has 4 rings (SSSR count). The molecule has 0 fully saturated rings. The molecule has 0 atom stereocenters. The monoisotopic (exact) mass is 406 g/mol. The number of benzene rings is 1. The smallest absolute Gasteiger partial charge is 0.310 e. The average molecular weight is 407 g/mol. The maximum atomic E-state index is 13.8. The number of para-hydroxylation sites is 1. The van der Waals surface area contributed by atoms with Crippen molar-refractivity contribution in [3.63, 3.8) is 0 Å². The van der Waals surface area contributed by atoms with E-state index in [1.54, 1.807) is 18.3 Å². The Hall–Kier alpha value is -2.35. The molecule has 3 aromatic rings. The first-order valence-corrected chi connectivity index (χ1v) is 8.40. The van der Waals surface area contributed by atoms with Gasteiger partial charge in [0.15, 0.2) is 12.4 Å². The zero-order valence-electron chi connectivity index (χ0n) is 13.2. The van der Waals surface area contributed by atoms with Gasteiger partial charge in [-0.3, -0.25) is 4.98 Å². The average Bonchev–Trinajstić information content (AvgIpc) is 2.90. The molecular weight excluding hydrogens is 394 g/mol. The molecule has 0 saturated carbocycles. The van der Waals surface area contributed by atoms with Crippen LogP contribution in [0.2, 0.25) is 0 Å². The summed E-state index contributed by atoms with van der Waals surface area (Å²) in [5.74, 6) is -2.17. The summed E-state index contributed by atoms with van der Waals surface area (Å²) in [5, 5.41) is 12.2. The summed E-state index contributed by atoms with van der Waals surface area (Å²) in [6.07, 6.45) is 1.70. The molecule has 0 saturated heterocycles. The summed E-state index contributed by atoms with van der Waals surface area (Å²) in [4.78, 5) is 4.36. The van der Waals surface area contributed by atoms with Crippen molar-refractivity contribution in [2.24, 2.45) is 0 Å². The second-order valence-corrected chi connectivity index (χ2v) is 6.74. The molecule has 0 spiro atoms. The Morgan fingerprint density at radius 2 is 2.16 bits per heavy atom. The first-order valence-electron chi connectivity index (χ1n) is 7.61. The lowest BCUT2D eigenvalue weighted by molar-refractivity contribution is -0.0214. The summed E-state index contributed by atoms with van der Waals surface area (Å²) in [7, 11) is 0. The molecular formula is C17H13BrF2N4O. The van der Waals surface area contributed by atoms with E-state index < -0.39 is 12.5 Å². The van der Waals surface area contributed by atoms with Gasteiger partial charge in [0.05, 0.1) is 16.8 Å². The molecule has 5 nitrogen and oxygen atoms in total. The minimum atomic E-state index is -2.95. The number of aryl methyl sites for hydroxylation is 1. The number of rotatable bonds is 3. The van der Waals surface area contributed by atoms with Crippen LogP contribution in [0.25, 0.3) is 10.9 Å². The Bertz CT molecular complexity index is 980. The SMILES string of the molecule is Cc1nnc(NCc2cccc3c2OCC3(F)F)c2cc(Br)cnc12. The first-order chi connectivity index (χ1) is 12.0. The molecule has 2 aromatic heterocycles. The Labute approximate surface area is 150 Å². The van der Waals surface area contributed by atoms with E-state index in [4.69, 9.17) is 4.74 Å². The van der Waals surface area contributed by atoms with Crippen LogP contribution in [0.4, 0.5) is 14.6 Å². The lowest BCUT2D eigenvalue weighted by Gasteiger charge is -2.12. The van der Waals surface area contributed by atoms with Crippen LogP contribution in [-0.2, 0) is 12.5 Å². The first kappa shape index (κ1) is 16.1. The van der Waals surface area contributed by atoms with Gasteiger partial charge in [-0.2, -0.15) is 13.9 Å². The fourth-order valence-corrected chi connectivity index (χ4v) is 3.20. The predicted molar refractivity (Wildman–Crippen MR) is 92.9 cm³/mol. The molecule has 0 amide bonds. The van der Waals surface area contributed by atoms with Gasteiger partial charge in [0.1, 0.15) is 5.75 Å². The maximum absolute atomic E-state index is 13.8. The van der Waals surface area contributed by atoms with Crippen LogP contribution in [0.15, 0.2) is 34.9 Å². The number of alkyl halides is 2. The summed E-state index contributed by atoms with van der Waals surface area (Å²) in [5.41, 5.74) is 2.03. The largest absolute Gasteiger partial charge is 0.486 e. The molecule has 1 N–H and O–H groups in total. The van der Waals surface area contributed by atoms with Crippen LogP contribution in [0.1, 0.15) is 16.8 Å². The van der Waals surface area contributed by atoms with Gasteiger partial charge in [-0.15, -0.1) is 5.10 Å². The molecule has 0 aliphatic carbocycles. The van der Waals surface area contributed by atoms with Gasteiger partial charge < -0.3 is 10.1 Å². The lowest BCUT2D eigenvalue weighted by Crippen LogP contribution is -2.14. The van der Waals surface area contributed by atoms with Crippen LogP contribution in [0.5, 0.6) is 5.75 Å². The third-order valence-electron chi connectivity index (χ3n) is 4.09. The Kier molecular flexibility index (Phi) is 3.79. The number of nitrogens with zero attached hydrogens (tertiary/aromatic N) is 3. The fourth-order valence-electron chi connectivity index (χ4n) is 2.87. The van der Waals surface area contributed by atoms with Crippen molar-refractivity contribution < 1.29 is 13.5 Å². The highest BCUT2D eigenvalue weighted by Crippen LogP contribution is 2.43. The third-order valence-corrected chi connectivity index (χ3v) is 4.52. The van der Waals surface area contributed by atoms with Gasteiger partial charge >= 0.3 is 5.92 Å². The number of nitrogens with one attached hydrogen (secondary N) is 1. The highest BCUT2D eigenvalue weighted by Gasteiger charge is 2.42. The van der Waals surface area contributed by atoms with Crippen LogP contribution < -0.4 is 10.1 Å². The van der Waals surface area contributed by atoms with Crippen molar-refractivity contribution in [1.82, 2.24) is 15.2 Å². The topological polar surface area (TPSA) is 59.9 Å². The van der Waals surface area contributed by atoms with Crippen LogP contribution in [0, 0.1) is 6.92 Å². The lowest BCUT2D eigenvalue weighted by atomic mass is 10.1. The Morgan fingerprint density at radius 3 is 3.00 bits per heavy atom. The molecule has 25 heavy (non-hydrogen) atoms. The minimum Gasteiger partial charge on any atom is -0.486 e. The second kappa shape index (κ2) is 5.87. The van der Waals surface area contributed by atoms with E-state index in [0.29, 0.717) is 17.9 Å². The number of pyridine rings is 1. The summed E-state index contributed by atoms with van der Waals surface area (Å²) >= 11 is 3.40. The standard InChI is InChI=1S/C17H13BrF2N4O/c1-9-14-12(5-11(18)7-21-14)16(24-23-9)22-6-10-3-2-4-13-15(10)25-8-17(13,19)20/h2-5,7H,6,8H2,1H3,(H,22,24). The van der Waals surface area contributed by atoms with E-state index in [2.05, 4.69) is 36.4 Å². The molecule has 1 aromatic carbocycles. The maximum Gasteiger partial charge on any atom is 0.310 e. The van der Waals surface area contributed by atoms with Gasteiger partial charge in [-0.25, -0.2) is 0 Å². The number of anilines is 1. The van der Waals surface area contributed by atoms with Gasteiger partial charge in [0, 0.05) is 28.2 Å². The van der Waals surface area contributed by atoms with Crippen molar-refractivity contribution in [1.29, 1.82) is 0 Å². The summed E-state index contributed by atoms with van der Waals surface area (Å²) in [6, 6.07) is 6.65. The second-order valence-electron chi connectivity index (χ2n) is 5.82. The van der Waals surface area contributed by atoms with Gasteiger partial charge in [-0.1, -0.05) is 12.1 Å². The molecule has 1 aliphatic rings. The molecule has 128 valence electrons. The van der Waals surface area contributed by atoms with Crippen molar-refractivity contribution in [2.45, 2.75) is 19.4 Å². The number of aromatic nitrogens is 3. The number of fused-ring (bicyclic) bond motifs is 2. The van der Waals surface area contributed by atoms with Crippen LogP contribution in [-0.4, -0.2) is 21.8 Å². The third kappa shape index (κ3) is 2.80. The van der Waals surface area contributed by atoms with Gasteiger partial charge in [-0.05, 0) is 35.0 Å². The molecule has 1 aliphatic heterocycles. The summed E-state index contributed by atoms with van der Waals surface area (Å²) in [6.45, 7) is 1.50. The normalized spacial score (nSPS) is 15.0. The molecule has 3 heterocycles. The van der Waals surface area contributed by atoms with Crippen molar-refractivity contribution >= 4 is 32.7 Å². The van der Waals surface area contributed by atoms with E-state index >= 15 is 0 Å². The number of ether oxygens (including phenoxy) is 1. The van der Waals surface area contributed by atoms with Crippen molar-refractivity contribution in [3.05, 3.63) is 51.8 Å². The highest BCUT2D eigenvalue weighted by molar-refractivity contribution is 9.10. The number of hydrogen-bond acceptors (Lipinski definition) is 5. The zero-order valence-corrected chi connectivity index (χ0v) is 14.8. The minimum absolute atomic E-state index is 0.0731. The Balaban J connectivity index is 1.68. The van der Waals surface area contributed by atoms with Gasteiger partial charge in [0.2, 0.25) is 0 Å². The number of hydrogen-bond donors (Lipinski definition) is 1. The predicted octanol–water partition coefficient (Wildman–Crippen LogP) is 4.19. The van der Waals surface area contributed by atoms with Crippen LogP contribution >= 0.6 is 15.9 Å². The summed E-state index contributed by atoms with van der Waals surface area (Å²) < 4.78 is 33.6. The Morgan fingerprint density at radius 1 is 1.32 bits per heavy atom. The van der Waals surface area contributed by atoms with Gasteiger partial charge in [0.25, 0.3) is 0 Å². The molecule has 0 bridgehead atoms. The van der Waals surface area contributed by atoms with E-state index in [-0.39, 0.29) is 11.3 Å². The van der Waals surface area contributed by atoms with E-state index in [0.717, 1.165) is 21.1 Å². The fraction of sp³-hybridized carbons (Fsp3) is 0.235. The number of halogens is 3. The van der Waals surface area contributed by atoms with E-state index in [1.807, 2.05) is 13.0 Å². The molecule has 0 unspecified atom stereocenters. The van der Waals surface area contributed by atoms with E-state index in [1.165, 1.54) is 6.07 Å². The quantitative estimate of drug-likeness (QED) is 0.706. The van der Waals surface area contributed by atoms with Crippen molar-refractivity contribution in [2.75, 3.05) is 11.9 Å². The van der Waals surface area contributed by atoms with E-state index in [9.17, 15) is 8.78 Å². The highest BCUT2D eigenvalue weighted by atomic mass is 79.9. The molecule has 0 radical (unpaired) electrons. The van der Waals surface area contributed by atoms with Crippen molar-refractivity contribution in [3.8, 4) is 5.75 Å². The molecule has 8 heteroatoms. The van der Waals surface area contributed by atoms with Crippen LogP contribution in [0.3, 0.4) is 0 Å². The zero-order chi connectivity index (χ0) is 17.6.